The minimum absolute atomic E-state index is 0.220. The third-order valence-electron chi connectivity index (χ3n) is 3.50. The van der Waals surface area contributed by atoms with Crippen molar-refractivity contribution in [3.63, 3.8) is 0 Å². The molecule has 7 heteroatoms. The maximum Gasteiger partial charge on any atom is 0.410 e. The fourth-order valence-electron chi connectivity index (χ4n) is 2.36. The van der Waals surface area contributed by atoms with Crippen molar-refractivity contribution in [2.75, 3.05) is 6.54 Å². The van der Waals surface area contributed by atoms with Crippen LogP contribution in [0.15, 0.2) is 39.9 Å². The summed E-state index contributed by atoms with van der Waals surface area (Å²) in [5.74, 6) is 0. The number of aromatic nitrogens is 2. The first kappa shape index (κ1) is 14.8. The molecule has 1 aromatic heterocycles. The van der Waals surface area contributed by atoms with Gasteiger partial charge in [-0.25, -0.2) is 9.78 Å². The van der Waals surface area contributed by atoms with Gasteiger partial charge in [-0.3, -0.25) is 4.79 Å². The highest BCUT2D eigenvalue weighted by Crippen LogP contribution is 2.16. The molecule has 6 nitrogen and oxygen atoms in total. The first-order chi connectivity index (χ1) is 10.6. The average Bonchev–Trinajstić information content (AvgIpc) is 2.53. The fraction of sp³-hybridized carbons (Fsp3) is 0.267. The molecule has 22 heavy (non-hydrogen) atoms. The molecule has 0 atom stereocenters. The number of hydrogen-bond donors (Lipinski definition) is 1. The lowest BCUT2D eigenvalue weighted by molar-refractivity contribution is 0.0913. The van der Waals surface area contributed by atoms with Crippen molar-refractivity contribution in [2.24, 2.45) is 0 Å². The van der Waals surface area contributed by atoms with Gasteiger partial charge in [0.1, 0.15) is 6.61 Å². The van der Waals surface area contributed by atoms with Gasteiger partial charge in [0, 0.05) is 13.0 Å². The van der Waals surface area contributed by atoms with Gasteiger partial charge in [-0.05, 0) is 21.5 Å². The van der Waals surface area contributed by atoms with Crippen molar-refractivity contribution in [2.45, 2.75) is 19.6 Å². The van der Waals surface area contributed by atoms with E-state index in [1.807, 2.05) is 30.3 Å². The normalized spacial score (nSPS) is 13.6. The van der Waals surface area contributed by atoms with Crippen LogP contribution in [0.2, 0.25) is 0 Å². The van der Waals surface area contributed by atoms with Crippen LogP contribution in [-0.4, -0.2) is 27.5 Å². The van der Waals surface area contributed by atoms with Crippen molar-refractivity contribution < 1.29 is 9.53 Å². The Morgan fingerprint density at radius 1 is 1.36 bits per heavy atom. The summed E-state index contributed by atoms with van der Waals surface area (Å²) in [6, 6.07) is 9.48. The zero-order chi connectivity index (χ0) is 15.5. The number of nitrogens with one attached hydrogen (secondary N) is 1. The molecule has 2 heterocycles. The van der Waals surface area contributed by atoms with Crippen LogP contribution in [0.25, 0.3) is 0 Å². The summed E-state index contributed by atoms with van der Waals surface area (Å²) in [5, 5.41) is 0. The molecule has 1 aliphatic rings. The molecule has 0 bridgehead atoms. The number of hydrogen-bond acceptors (Lipinski definition) is 4. The average molecular weight is 364 g/mol. The maximum absolute atomic E-state index is 12.1. The first-order valence-electron chi connectivity index (χ1n) is 6.86. The summed E-state index contributed by atoms with van der Waals surface area (Å²) >= 11 is 3.16. The zero-order valence-electron chi connectivity index (χ0n) is 11.7. The molecule has 0 aliphatic carbocycles. The molecular formula is C15H14BrN3O3. The Kier molecular flexibility index (Phi) is 4.24. The molecule has 1 aromatic carbocycles. The van der Waals surface area contributed by atoms with Gasteiger partial charge in [0.05, 0.1) is 17.8 Å². The summed E-state index contributed by atoms with van der Waals surface area (Å²) in [4.78, 5) is 32.4. The van der Waals surface area contributed by atoms with E-state index in [0.717, 1.165) is 11.3 Å². The van der Waals surface area contributed by atoms with Crippen LogP contribution in [0.1, 0.15) is 16.8 Å². The topological polar surface area (TPSA) is 75.3 Å². The Bertz CT molecular complexity index is 745. The van der Waals surface area contributed by atoms with Crippen LogP contribution in [0.3, 0.4) is 0 Å². The van der Waals surface area contributed by atoms with Gasteiger partial charge in [0.25, 0.3) is 5.56 Å². The van der Waals surface area contributed by atoms with Crippen molar-refractivity contribution >= 4 is 22.0 Å². The van der Waals surface area contributed by atoms with Gasteiger partial charge >= 0.3 is 6.09 Å². The van der Waals surface area contributed by atoms with E-state index in [1.54, 1.807) is 0 Å². The molecule has 114 valence electrons. The number of aromatic amines is 1. The molecule has 0 unspecified atom stereocenters. The molecule has 3 rings (SSSR count). The van der Waals surface area contributed by atoms with Crippen molar-refractivity contribution in [1.29, 1.82) is 0 Å². The number of ether oxygens (including phenoxy) is 1. The van der Waals surface area contributed by atoms with Crippen molar-refractivity contribution in [1.82, 2.24) is 14.9 Å². The second-order valence-corrected chi connectivity index (χ2v) is 5.74. The number of amides is 1. The number of nitrogens with zero attached hydrogens (tertiary/aromatic N) is 2. The fourth-order valence-corrected chi connectivity index (χ4v) is 2.76. The van der Waals surface area contributed by atoms with Crippen LogP contribution in [-0.2, 0) is 24.3 Å². The number of benzene rings is 1. The Hall–Kier alpha value is -2.15. The predicted molar refractivity (Wildman–Crippen MR) is 83.3 cm³/mol. The minimum atomic E-state index is -0.420. The molecule has 1 aliphatic heterocycles. The van der Waals surface area contributed by atoms with Gasteiger partial charge < -0.3 is 14.6 Å². The highest BCUT2D eigenvalue weighted by atomic mass is 79.9. The van der Waals surface area contributed by atoms with E-state index in [0.29, 0.717) is 23.3 Å². The number of halogens is 1. The van der Waals surface area contributed by atoms with Crippen LogP contribution in [0.4, 0.5) is 4.79 Å². The lowest BCUT2D eigenvalue weighted by Crippen LogP contribution is -2.39. The lowest BCUT2D eigenvalue weighted by atomic mass is 10.1. The number of fused-ring (bicyclic) bond motifs is 1. The lowest BCUT2D eigenvalue weighted by Gasteiger charge is -2.26. The smallest absolute Gasteiger partial charge is 0.410 e. The van der Waals surface area contributed by atoms with E-state index in [1.165, 1.54) is 4.90 Å². The quantitative estimate of drug-likeness (QED) is 0.830. The largest absolute Gasteiger partial charge is 0.445 e. The Balaban J connectivity index is 1.67. The molecule has 0 spiro atoms. The van der Waals surface area contributed by atoms with E-state index in [2.05, 4.69) is 25.9 Å². The minimum Gasteiger partial charge on any atom is -0.445 e. The van der Waals surface area contributed by atoms with Crippen molar-refractivity contribution in [3.8, 4) is 0 Å². The van der Waals surface area contributed by atoms with Crippen LogP contribution in [0.5, 0.6) is 0 Å². The summed E-state index contributed by atoms with van der Waals surface area (Å²) in [6.07, 6.45) is 0.120. The van der Waals surface area contributed by atoms with E-state index >= 15 is 0 Å². The SMILES string of the molecule is O=C(OCc1ccccc1)N1CCc2nc(Br)[nH]c(=O)c2C1. The highest BCUT2D eigenvalue weighted by molar-refractivity contribution is 9.10. The third-order valence-corrected chi connectivity index (χ3v) is 3.88. The Morgan fingerprint density at radius 2 is 2.14 bits per heavy atom. The predicted octanol–water partition coefficient (Wildman–Crippen LogP) is 2.23. The van der Waals surface area contributed by atoms with E-state index in [9.17, 15) is 9.59 Å². The van der Waals surface area contributed by atoms with Crippen LogP contribution < -0.4 is 5.56 Å². The number of carbonyl (C=O) groups is 1. The molecule has 0 saturated carbocycles. The molecule has 1 N–H and O–H groups in total. The van der Waals surface area contributed by atoms with Gasteiger partial charge in [0.2, 0.25) is 0 Å². The number of carbonyl (C=O) groups excluding carboxylic acids is 1. The van der Waals surface area contributed by atoms with Crippen LogP contribution in [0, 0.1) is 0 Å². The maximum atomic E-state index is 12.1. The summed E-state index contributed by atoms with van der Waals surface area (Å²) in [6.45, 7) is 0.931. The second-order valence-electron chi connectivity index (χ2n) is 4.99. The van der Waals surface area contributed by atoms with Gasteiger partial charge in [-0.1, -0.05) is 30.3 Å². The van der Waals surface area contributed by atoms with E-state index in [4.69, 9.17) is 4.74 Å². The Morgan fingerprint density at radius 3 is 2.91 bits per heavy atom. The summed E-state index contributed by atoms with van der Waals surface area (Å²) < 4.78 is 5.70. The standard InChI is InChI=1S/C15H14BrN3O3/c16-14-17-12-6-7-19(8-11(12)13(20)18-14)15(21)22-9-10-4-2-1-3-5-10/h1-5H,6-9H2,(H,17,18,20). The molecule has 0 radical (unpaired) electrons. The molecular weight excluding hydrogens is 350 g/mol. The number of rotatable bonds is 2. The molecule has 0 saturated heterocycles. The van der Waals surface area contributed by atoms with Gasteiger partial charge in [0.15, 0.2) is 4.73 Å². The summed E-state index contributed by atoms with van der Waals surface area (Å²) in [5.41, 5.74) is 1.95. The second kappa shape index (κ2) is 6.31. The van der Waals surface area contributed by atoms with E-state index < -0.39 is 6.09 Å². The molecule has 2 aromatic rings. The highest BCUT2D eigenvalue weighted by Gasteiger charge is 2.25. The molecule has 1 amide bonds. The van der Waals surface area contributed by atoms with E-state index in [-0.39, 0.29) is 18.7 Å². The summed E-state index contributed by atoms with van der Waals surface area (Å²) in [7, 11) is 0. The monoisotopic (exact) mass is 363 g/mol. The zero-order valence-corrected chi connectivity index (χ0v) is 13.3. The van der Waals surface area contributed by atoms with Crippen molar-refractivity contribution in [3.05, 3.63) is 62.2 Å². The van der Waals surface area contributed by atoms with Crippen LogP contribution >= 0.6 is 15.9 Å². The Labute approximate surface area is 135 Å². The van der Waals surface area contributed by atoms with Gasteiger partial charge in [-0.15, -0.1) is 0 Å². The first-order valence-corrected chi connectivity index (χ1v) is 7.66. The molecule has 0 fully saturated rings. The number of H-pyrrole nitrogens is 1. The third kappa shape index (κ3) is 3.19. The van der Waals surface area contributed by atoms with Gasteiger partial charge in [-0.2, -0.15) is 0 Å².